The van der Waals surface area contributed by atoms with Crippen LogP contribution in [-0.2, 0) is 4.79 Å². The van der Waals surface area contributed by atoms with Crippen molar-refractivity contribution >= 4 is 11.8 Å². The van der Waals surface area contributed by atoms with Gasteiger partial charge in [-0.3, -0.25) is 9.59 Å². The van der Waals surface area contributed by atoms with E-state index in [1.807, 2.05) is 0 Å². The van der Waals surface area contributed by atoms with E-state index in [1.165, 1.54) is 6.07 Å². The number of carbonyl (C=O) groups excluding carboxylic acids is 2. The number of halogens is 2. The standard InChI is InChI=1S/C14H16F2N2O2/c15-10-5-4-9(8-11(10)16)12(19)18-14(13(17)20)6-2-1-3-7-14/h4-5,8H,1-3,6-7H2,(H2,17,20)(H,18,19). The van der Waals surface area contributed by atoms with Crippen LogP contribution in [0.3, 0.4) is 0 Å². The molecule has 108 valence electrons. The zero-order chi connectivity index (χ0) is 14.8. The van der Waals surface area contributed by atoms with Gasteiger partial charge in [0.15, 0.2) is 11.6 Å². The molecule has 20 heavy (non-hydrogen) atoms. The molecule has 0 atom stereocenters. The third kappa shape index (κ3) is 2.79. The first-order valence-electron chi connectivity index (χ1n) is 6.52. The Morgan fingerprint density at radius 1 is 1.10 bits per heavy atom. The minimum absolute atomic E-state index is 0.0323. The second-order valence-corrected chi connectivity index (χ2v) is 5.09. The summed E-state index contributed by atoms with van der Waals surface area (Å²) < 4.78 is 26.0. The molecule has 3 N–H and O–H groups in total. The molecule has 0 bridgehead atoms. The average molecular weight is 282 g/mol. The van der Waals surface area contributed by atoms with Crippen molar-refractivity contribution < 1.29 is 18.4 Å². The van der Waals surface area contributed by atoms with Crippen molar-refractivity contribution in [2.45, 2.75) is 37.6 Å². The molecule has 0 heterocycles. The quantitative estimate of drug-likeness (QED) is 0.888. The first-order valence-corrected chi connectivity index (χ1v) is 6.52. The number of hydrogen-bond acceptors (Lipinski definition) is 2. The van der Waals surface area contributed by atoms with E-state index in [1.54, 1.807) is 0 Å². The summed E-state index contributed by atoms with van der Waals surface area (Å²) in [6, 6.07) is 2.86. The second kappa shape index (κ2) is 5.56. The minimum atomic E-state index is -1.10. The Bertz CT molecular complexity index is 540. The average Bonchev–Trinajstić information content (AvgIpc) is 2.42. The number of rotatable bonds is 3. The van der Waals surface area contributed by atoms with Crippen molar-refractivity contribution in [3.63, 3.8) is 0 Å². The molecule has 1 fully saturated rings. The van der Waals surface area contributed by atoms with Gasteiger partial charge in [-0.05, 0) is 31.0 Å². The summed E-state index contributed by atoms with van der Waals surface area (Å²) >= 11 is 0. The fourth-order valence-corrected chi connectivity index (χ4v) is 2.52. The second-order valence-electron chi connectivity index (χ2n) is 5.09. The molecule has 0 radical (unpaired) electrons. The maximum Gasteiger partial charge on any atom is 0.252 e. The topological polar surface area (TPSA) is 72.2 Å². The van der Waals surface area contributed by atoms with Gasteiger partial charge in [0.1, 0.15) is 5.54 Å². The fourth-order valence-electron chi connectivity index (χ4n) is 2.52. The lowest BCUT2D eigenvalue weighted by molar-refractivity contribution is -0.125. The van der Waals surface area contributed by atoms with Crippen molar-refractivity contribution in [1.82, 2.24) is 5.32 Å². The van der Waals surface area contributed by atoms with Gasteiger partial charge in [-0.25, -0.2) is 8.78 Å². The van der Waals surface area contributed by atoms with Crippen molar-refractivity contribution in [2.24, 2.45) is 5.73 Å². The molecule has 1 aromatic rings. The van der Waals surface area contributed by atoms with E-state index in [0.29, 0.717) is 12.8 Å². The molecule has 2 amide bonds. The van der Waals surface area contributed by atoms with E-state index in [-0.39, 0.29) is 5.56 Å². The van der Waals surface area contributed by atoms with Gasteiger partial charge in [-0.2, -0.15) is 0 Å². The Hall–Kier alpha value is -1.98. The highest BCUT2D eigenvalue weighted by Gasteiger charge is 2.39. The van der Waals surface area contributed by atoms with Crippen LogP contribution in [-0.4, -0.2) is 17.4 Å². The Balaban J connectivity index is 2.20. The zero-order valence-electron chi connectivity index (χ0n) is 10.9. The van der Waals surface area contributed by atoms with E-state index in [0.717, 1.165) is 31.4 Å². The van der Waals surface area contributed by atoms with Gasteiger partial charge in [0.2, 0.25) is 5.91 Å². The summed E-state index contributed by atoms with van der Waals surface area (Å²) in [7, 11) is 0. The molecule has 0 aliphatic heterocycles. The first kappa shape index (κ1) is 14.4. The van der Waals surface area contributed by atoms with E-state index in [4.69, 9.17) is 5.73 Å². The molecule has 0 saturated heterocycles. The highest BCUT2D eigenvalue weighted by Crippen LogP contribution is 2.28. The van der Waals surface area contributed by atoms with Gasteiger partial charge in [0.05, 0.1) is 0 Å². The molecule has 0 aromatic heterocycles. The minimum Gasteiger partial charge on any atom is -0.368 e. The van der Waals surface area contributed by atoms with Crippen LogP contribution in [0.1, 0.15) is 42.5 Å². The SMILES string of the molecule is NC(=O)C1(NC(=O)c2ccc(F)c(F)c2)CCCCC1. The molecule has 6 heteroatoms. The maximum atomic E-state index is 13.1. The molecule has 1 saturated carbocycles. The first-order chi connectivity index (χ1) is 9.44. The summed E-state index contributed by atoms with van der Waals surface area (Å²) in [5.74, 6) is -3.34. The summed E-state index contributed by atoms with van der Waals surface area (Å²) in [6.07, 6.45) is 3.51. The number of hydrogen-bond donors (Lipinski definition) is 2. The van der Waals surface area contributed by atoms with Crippen LogP contribution in [0.4, 0.5) is 8.78 Å². The van der Waals surface area contributed by atoms with Crippen molar-refractivity contribution in [3.8, 4) is 0 Å². The van der Waals surface area contributed by atoms with Gasteiger partial charge >= 0.3 is 0 Å². The van der Waals surface area contributed by atoms with Crippen LogP contribution in [0.25, 0.3) is 0 Å². The number of nitrogens with one attached hydrogen (secondary N) is 1. The Morgan fingerprint density at radius 3 is 2.30 bits per heavy atom. The van der Waals surface area contributed by atoms with E-state index in [9.17, 15) is 18.4 Å². The monoisotopic (exact) mass is 282 g/mol. The normalized spacial score (nSPS) is 17.5. The molecule has 4 nitrogen and oxygen atoms in total. The lowest BCUT2D eigenvalue weighted by Crippen LogP contribution is -2.58. The maximum absolute atomic E-state index is 13.1. The smallest absolute Gasteiger partial charge is 0.252 e. The number of benzene rings is 1. The largest absolute Gasteiger partial charge is 0.368 e. The summed E-state index contributed by atoms with van der Waals surface area (Å²) in [4.78, 5) is 23.7. The van der Waals surface area contributed by atoms with Crippen LogP contribution in [0.5, 0.6) is 0 Å². The predicted molar refractivity (Wildman–Crippen MR) is 68.8 cm³/mol. The van der Waals surface area contributed by atoms with Crippen LogP contribution in [0.15, 0.2) is 18.2 Å². The third-order valence-corrected chi connectivity index (χ3v) is 3.71. The Labute approximate surface area is 115 Å². The van der Waals surface area contributed by atoms with Crippen LogP contribution >= 0.6 is 0 Å². The molecule has 1 aromatic carbocycles. The van der Waals surface area contributed by atoms with Gasteiger partial charge in [0, 0.05) is 5.56 Å². The van der Waals surface area contributed by atoms with E-state index >= 15 is 0 Å². The lowest BCUT2D eigenvalue weighted by Gasteiger charge is -2.35. The zero-order valence-corrected chi connectivity index (χ0v) is 10.9. The van der Waals surface area contributed by atoms with Crippen molar-refractivity contribution in [1.29, 1.82) is 0 Å². The molecule has 0 spiro atoms. The highest BCUT2D eigenvalue weighted by molar-refractivity contribution is 5.98. The molecule has 2 rings (SSSR count). The summed E-state index contributed by atoms with van der Waals surface area (Å²) in [6.45, 7) is 0. The van der Waals surface area contributed by atoms with Crippen molar-refractivity contribution in [3.05, 3.63) is 35.4 Å². The number of carbonyl (C=O) groups is 2. The summed E-state index contributed by atoms with van der Waals surface area (Å²) in [5, 5.41) is 2.59. The van der Waals surface area contributed by atoms with E-state index in [2.05, 4.69) is 5.32 Å². The molecule has 1 aliphatic rings. The number of amides is 2. The van der Waals surface area contributed by atoms with Gasteiger partial charge in [-0.15, -0.1) is 0 Å². The summed E-state index contributed by atoms with van der Waals surface area (Å²) in [5.41, 5.74) is 4.28. The Morgan fingerprint density at radius 2 is 1.75 bits per heavy atom. The Kier molecular flexibility index (Phi) is 4.01. The van der Waals surface area contributed by atoms with Crippen LogP contribution in [0.2, 0.25) is 0 Å². The molecular formula is C14H16F2N2O2. The molecular weight excluding hydrogens is 266 g/mol. The van der Waals surface area contributed by atoms with Crippen LogP contribution in [0, 0.1) is 11.6 Å². The third-order valence-electron chi connectivity index (χ3n) is 3.71. The van der Waals surface area contributed by atoms with Gasteiger partial charge < -0.3 is 11.1 Å². The number of primary amides is 1. The van der Waals surface area contributed by atoms with Gasteiger partial charge in [0.25, 0.3) is 5.91 Å². The number of nitrogens with two attached hydrogens (primary N) is 1. The molecule has 1 aliphatic carbocycles. The highest BCUT2D eigenvalue weighted by atomic mass is 19.2. The van der Waals surface area contributed by atoms with Crippen molar-refractivity contribution in [2.75, 3.05) is 0 Å². The fraction of sp³-hybridized carbons (Fsp3) is 0.429. The van der Waals surface area contributed by atoms with E-state index < -0.39 is 29.0 Å². The molecule has 0 unspecified atom stereocenters. The van der Waals surface area contributed by atoms with Gasteiger partial charge in [-0.1, -0.05) is 19.3 Å². The predicted octanol–water partition coefficient (Wildman–Crippen LogP) is 1.88. The van der Waals surface area contributed by atoms with Crippen LogP contribution < -0.4 is 11.1 Å². The lowest BCUT2D eigenvalue weighted by atomic mass is 9.81.